The van der Waals surface area contributed by atoms with Gasteiger partial charge in [-0.2, -0.15) is 0 Å². The first-order valence-corrected chi connectivity index (χ1v) is 6.47. The van der Waals surface area contributed by atoms with Crippen molar-refractivity contribution in [2.24, 2.45) is 0 Å². The van der Waals surface area contributed by atoms with Crippen molar-refractivity contribution < 1.29 is 13.9 Å². The summed E-state index contributed by atoms with van der Waals surface area (Å²) in [5.41, 5.74) is 0.313. The van der Waals surface area contributed by atoms with Crippen LogP contribution in [0.1, 0.15) is 44.2 Å². The monoisotopic (exact) mass is 255 g/mol. The van der Waals surface area contributed by atoms with Gasteiger partial charge in [0, 0.05) is 17.6 Å². The number of aliphatic hydroxyl groups excluding tert-OH is 1. The molecule has 3 atom stereocenters. The molecule has 0 heterocycles. The van der Waals surface area contributed by atoms with Crippen LogP contribution in [0.15, 0.2) is 18.2 Å². The van der Waals surface area contributed by atoms with Crippen molar-refractivity contribution >= 4 is 0 Å². The van der Waals surface area contributed by atoms with Crippen molar-refractivity contribution in [3.05, 3.63) is 35.4 Å². The molecule has 4 heteroatoms. The van der Waals surface area contributed by atoms with E-state index in [1.807, 2.05) is 0 Å². The molecule has 1 aromatic rings. The van der Waals surface area contributed by atoms with Crippen molar-refractivity contribution in [2.45, 2.75) is 50.8 Å². The third kappa shape index (κ3) is 2.87. The fourth-order valence-corrected chi connectivity index (χ4v) is 2.57. The van der Waals surface area contributed by atoms with Crippen LogP contribution in [0.3, 0.4) is 0 Å². The van der Waals surface area contributed by atoms with Crippen molar-refractivity contribution in [2.75, 3.05) is 0 Å². The van der Waals surface area contributed by atoms with E-state index in [1.54, 1.807) is 13.0 Å². The minimum atomic E-state index is -0.828. The van der Waals surface area contributed by atoms with Gasteiger partial charge in [0.25, 0.3) is 0 Å². The molecule has 1 fully saturated rings. The minimum absolute atomic E-state index is 0.0311. The van der Waals surface area contributed by atoms with E-state index in [0.29, 0.717) is 5.56 Å². The maximum atomic E-state index is 13.6. The molecular weight excluding hydrogens is 236 g/mol. The molecule has 1 aliphatic carbocycles. The molecule has 0 amide bonds. The summed E-state index contributed by atoms with van der Waals surface area (Å²) in [5.74, 6) is -1.63. The smallest absolute Gasteiger partial charge is 0.163 e. The van der Waals surface area contributed by atoms with Crippen molar-refractivity contribution in [3.63, 3.8) is 0 Å². The molecule has 2 N–H and O–H groups in total. The molecule has 0 spiro atoms. The Morgan fingerprint density at radius 2 is 2.00 bits per heavy atom. The third-order valence-corrected chi connectivity index (χ3v) is 3.64. The Balaban J connectivity index is 2.07. The lowest BCUT2D eigenvalue weighted by Gasteiger charge is -2.31. The SMILES string of the molecule is CC(NC1CCCCC1O)c1cccc(F)c1F. The summed E-state index contributed by atoms with van der Waals surface area (Å²) >= 11 is 0. The molecule has 18 heavy (non-hydrogen) atoms. The van der Waals surface area contributed by atoms with Gasteiger partial charge < -0.3 is 10.4 Å². The van der Waals surface area contributed by atoms with Gasteiger partial charge in [-0.15, -0.1) is 0 Å². The Morgan fingerprint density at radius 1 is 1.28 bits per heavy atom. The maximum absolute atomic E-state index is 13.6. The summed E-state index contributed by atoms with van der Waals surface area (Å²) in [7, 11) is 0. The summed E-state index contributed by atoms with van der Waals surface area (Å²) < 4.78 is 26.8. The molecular formula is C14H19F2NO. The van der Waals surface area contributed by atoms with Crippen LogP contribution in [0.25, 0.3) is 0 Å². The minimum Gasteiger partial charge on any atom is -0.392 e. The molecule has 1 aliphatic rings. The first-order chi connectivity index (χ1) is 8.59. The topological polar surface area (TPSA) is 32.3 Å². The number of halogens is 2. The van der Waals surface area contributed by atoms with E-state index in [1.165, 1.54) is 6.07 Å². The molecule has 2 rings (SSSR count). The van der Waals surface area contributed by atoms with Gasteiger partial charge in [-0.1, -0.05) is 25.0 Å². The van der Waals surface area contributed by atoms with Crippen LogP contribution in [-0.4, -0.2) is 17.3 Å². The van der Waals surface area contributed by atoms with Gasteiger partial charge in [-0.3, -0.25) is 0 Å². The fourth-order valence-electron chi connectivity index (χ4n) is 2.57. The van der Waals surface area contributed by atoms with Crippen LogP contribution < -0.4 is 5.32 Å². The Morgan fingerprint density at radius 3 is 2.72 bits per heavy atom. The first kappa shape index (κ1) is 13.4. The maximum Gasteiger partial charge on any atom is 0.163 e. The average molecular weight is 255 g/mol. The molecule has 0 aliphatic heterocycles. The van der Waals surface area contributed by atoms with E-state index < -0.39 is 17.7 Å². The predicted molar refractivity (Wildman–Crippen MR) is 66.2 cm³/mol. The van der Waals surface area contributed by atoms with E-state index in [4.69, 9.17) is 0 Å². The quantitative estimate of drug-likeness (QED) is 0.870. The Bertz CT molecular complexity index is 411. The highest BCUT2D eigenvalue weighted by atomic mass is 19.2. The molecule has 0 aromatic heterocycles. The highest BCUT2D eigenvalue weighted by Crippen LogP contribution is 2.24. The lowest BCUT2D eigenvalue weighted by Crippen LogP contribution is -2.43. The van der Waals surface area contributed by atoms with E-state index in [-0.39, 0.29) is 12.1 Å². The fraction of sp³-hybridized carbons (Fsp3) is 0.571. The van der Waals surface area contributed by atoms with Crippen LogP contribution in [0.2, 0.25) is 0 Å². The lowest BCUT2D eigenvalue weighted by molar-refractivity contribution is 0.0857. The number of hydrogen-bond acceptors (Lipinski definition) is 2. The van der Waals surface area contributed by atoms with Gasteiger partial charge in [-0.05, 0) is 25.8 Å². The predicted octanol–water partition coefficient (Wildman–Crippen LogP) is 2.92. The van der Waals surface area contributed by atoms with E-state index in [9.17, 15) is 13.9 Å². The van der Waals surface area contributed by atoms with Gasteiger partial charge in [0.05, 0.1) is 6.10 Å². The van der Waals surface area contributed by atoms with Crippen molar-refractivity contribution in [1.29, 1.82) is 0 Å². The normalized spacial score (nSPS) is 26.0. The molecule has 100 valence electrons. The average Bonchev–Trinajstić information content (AvgIpc) is 2.35. The second-order valence-electron chi connectivity index (χ2n) is 4.99. The Kier molecular flexibility index (Phi) is 4.30. The summed E-state index contributed by atoms with van der Waals surface area (Å²) in [4.78, 5) is 0. The summed E-state index contributed by atoms with van der Waals surface area (Å²) in [6.45, 7) is 1.79. The largest absolute Gasteiger partial charge is 0.392 e. The van der Waals surface area contributed by atoms with Gasteiger partial charge >= 0.3 is 0 Å². The van der Waals surface area contributed by atoms with Crippen LogP contribution in [0.5, 0.6) is 0 Å². The van der Waals surface area contributed by atoms with Gasteiger partial charge in [0.1, 0.15) is 0 Å². The second-order valence-corrected chi connectivity index (χ2v) is 4.99. The molecule has 2 nitrogen and oxygen atoms in total. The number of rotatable bonds is 3. The highest BCUT2D eigenvalue weighted by Gasteiger charge is 2.25. The summed E-state index contributed by atoms with van der Waals surface area (Å²) in [6, 6.07) is 3.85. The van der Waals surface area contributed by atoms with Crippen molar-refractivity contribution in [1.82, 2.24) is 5.32 Å². The molecule has 1 aromatic carbocycles. The highest BCUT2D eigenvalue weighted by molar-refractivity contribution is 5.22. The molecule has 3 unspecified atom stereocenters. The standard InChI is InChI=1S/C14H19F2NO/c1-9(10-5-4-6-11(15)14(10)16)17-12-7-2-3-8-13(12)18/h4-6,9,12-13,17-18H,2-3,7-8H2,1H3. The first-order valence-electron chi connectivity index (χ1n) is 6.47. The molecule has 0 saturated heterocycles. The zero-order chi connectivity index (χ0) is 13.1. The van der Waals surface area contributed by atoms with Crippen LogP contribution in [0, 0.1) is 11.6 Å². The molecule has 0 radical (unpaired) electrons. The lowest BCUT2D eigenvalue weighted by atomic mass is 9.91. The number of nitrogens with one attached hydrogen (secondary N) is 1. The van der Waals surface area contributed by atoms with Crippen LogP contribution in [-0.2, 0) is 0 Å². The number of hydrogen-bond donors (Lipinski definition) is 2. The summed E-state index contributed by atoms with van der Waals surface area (Å²) in [5, 5.41) is 13.1. The van der Waals surface area contributed by atoms with E-state index in [2.05, 4.69) is 5.32 Å². The second kappa shape index (κ2) is 5.76. The zero-order valence-corrected chi connectivity index (χ0v) is 10.5. The van der Waals surface area contributed by atoms with E-state index in [0.717, 1.165) is 31.7 Å². The summed E-state index contributed by atoms with van der Waals surface area (Å²) in [6.07, 6.45) is 3.35. The van der Waals surface area contributed by atoms with Gasteiger partial charge in [-0.25, -0.2) is 8.78 Å². The van der Waals surface area contributed by atoms with E-state index >= 15 is 0 Å². The van der Waals surface area contributed by atoms with Gasteiger partial charge in [0.15, 0.2) is 11.6 Å². The van der Waals surface area contributed by atoms with Crippen LogP contribution >= 0.6 is 0 Å². The van der Waals surface area contributed by atoms with Gasteiger partial charge in [0.2, 0.25) is 0 Å². The number of benzene rings is 1. The Labute approximate surface area is 106 Å². The Hall–Kier alpha value is -1.00. The zero-order valence-electron chi connectivity index (χ0n) is 10.5. The molecule has 0 bridgehead atoms. The number of aliphatic hydroxyl groups is 1. The van der Waals surface area contributed by atoms with Crippen molar-refractivity contribution in [3.8, 4) is 0 Å². The molecule has 1 saturated carbocycles. The van der Waals surface area contributed by atoms with Crippen LogP contribution in [0.4, 0.5) is 8.78 Å². The third-order valence-electron chi connectivity index (χ3n) is 3.64.